The SMILES string of the molecule is CC(C)N(C)C(=O)COc1ccc(C#N)cc1N. The number of carbonyl (C=O) groups excluding carboxylic acids is 1. The van der Waals surface area contributed by atoms with Gasteiger partial charge in [-0.15, -0.1) is 0 Å². The van der Waals surface area contributed by atoms with Crippen LogP contribution in [-0.4, -0.2) is 30.5 Å². The monoisotopic (exact) mass is 247 g/mol. The Morgan fingerprint density at radius 2 is 2.22 bits per heavy atom. The van der Waals surface area contributed by atoms with Crippen molar-refractivity contribution in [2.75, 3.05) is 19.4 Å². The van der Waals surface area contributed by atoms with Crippen LogP contribution in [0.1, 0.15) is 19.4 Å². The van der Waals surface area contributed by atoms with Crippen LogP contribution in [0.25, 0.3) is 0 Å². The zero-order chi connectivity index (χ0) is 13.7. The van der Waals surface area contributed by atoms with Crippen molar-refractivity contribution in [1.29, 1.82) is 5.26 Å². The largest absolute Gasteiger partial charge is 0.482 e. The Morgan fingerprint density at radius 3 is 2.72 bits per heavy atom. The second kappa shape index (κ2) is 5.92. The number of hydrogen-bond acceptors (Lipinski definition) is 4. The number of rotatable bonds is 4. The van der Waals surface area contributed by atoms with Gasteiger partial charge in [0.2, 0.25) is 0 Å². The topological polar surface area (TPSA) is 79.3 Å². The van der Waals surface area contributed by atoms with Crippen LogP contribution in [0.4, 0.5) is 5.69 Å². The normalized spacial score (nSPS) is 9.94. The molecule has 1 aromatic rings. The minimum absolute atomic E-state index is 0.0647. The summed E-state index contributed by atoms with van der Waals surface area (Å²) in [5.41, 5.74) is 6.54. The molecule has 0 saturated carbocycles. The molecule has 0 aromatic heterocycles. The zero-order valence-corrected chi connectivity index (χ0v) is 10.8. The lowest BCUT2D eigenvalue weighted by Gasteiger charge is -2.21. The molecule has 1 aromatic carbocycles. The van der Waals surface area contributed by atoms with E-state index in [9.17, 15) is 4.79 Å². The van der Waals surface area contributed by atoms with E-state index in [-0.39, 0.29) is 18.6 Å². The Kier molecular flexibility index (Phi) is 4.55. The van der Waals surface area contributed by atoms with Crippen molar-refractivity contribution in [3.63, 3.8) is 0 Å². The van der Waals surface area contributed by atoms with Crippen molar-refractivity contribution in [1.82, 2.24) is 4.90 Å². The van der Waals surface area contributed by atoms with Gasteiger partial charge in [-0.25, -0.2) is 0 Å². The molecule has 5 nitrogen and oxygen atoms in total. The first-order valence-electron chi connectivity index (χ1n) is 5.63. The van der Waals surface area contributed by atoms with E-state index in [1.807, 2.05) is 19.9 Å². The Balaban J connectivity index is 2.65. The van der Waals surface area contributed by atoms with E-state index in [0.29, 0.717) is 17.0 Å². The molecule has 0 radical (unpaired) electrons. The van der Waals surface area contributed by atoms with Crippen LogP contribution in [0.15, 0.2) is 18.2 Å². The van der Waals surface area contributed by atoms with E-state index in [2.05, 4.69) is 0 Å². The summed E-state index contributed by atoms with van der Waals surface area (Å²) in [4.78, 5) is 13.3. The highest BCUT2D eigenvalue weighted by Gasteiger charge is 2.13. The summed E-state index contributed by atoms with van der Waals surface area (Å²) in [5.74, 6) is 0.299. The molecule has 0 aliphatic carbocycles. The first-order chi connectivity index (χ1) is 8.45. The molecule has 0 fully saturated rings. The third-order valence-electron chi connectivity index (χ3n) is 2.66. The van der Waals surface area contributed by atoms with Gasteiger partial charge in [0.25, 0.3) is 5.91 Å². The number of anilines is 1. The molecular weight excluding hydrogens is 230 g/mol. The van der Waals surface area contributed by atoms with Crippen LogP contribution in [0.2, 0.25) is 0 Å². The molecule has 0 unspecified atom stereocenters. The standard InChI is InChI=1S/C13H17N3O2/c1-9(2)16(3)13(17)8-18-12-5-4-10(7-14)6-11(12)15/h4-6,9H,8,15H2,1-3H3. The highest BCUT2D eigenvalue weighted by atomic mass is 16.5. The van der Waals surface area contributed by atoms with E-state index in [0.717, 1.165) is 0 Å². The molecule has 0 atom stereocenters. The van der Waals surface area contributed by atoms with E-state index in [4.69, 9.17) is 15.7 Å². The Hall–Kier alpha value is -2.22. The molecule has 0 bridgehead atoms. The minimum atomic E-state index is -0.117. The molecule has 0 heterocycles. The number of nitriles is 1. The summed E-state index contributed by atoms with van der Waals surface area (Å²) < 4.78 is 5.34. The molecule has 0 saturated heterocycles. The van der Waals surface area contributed by atoms with Crippen LogP contribution >= 0.6 is 0 Å². The number of nitrogens with two attached hydrogens (primary N) is 1. The van der Waals surface area contributed by atoms with Gasteiger partial charge in [-0.2, -0.15) is 5.26 Å². The molecule has 0 aliphatic rings. The molecule has 0 spiro atoms. The second-order valence-corrected chi connectivity index (χ2v) is 4.25. The molecule has 0 aliphatic heterocycles. The predicted octanol–water partition coefficient (Wildman–Crippen LogP) is 1.39. The van der Waals surface area contributed by atoms with E-state index < -0.39 is 0 Å². The molecule has 96 valence electrons. The van der Waals surface area contributed by atoms with Gasteiger partial charge in [-0.3, -0.25) is 4.79 Å². The van der Waals surface area contributed by atoms with E-state index in [1.165, 1.54) is 6.07 Å². The van der Waals surface area contributed by atoms with Crippen LogP contribution in [-0.2, 0) is 4.79 Å². The van der Waals surface area contributed by atoms with Gasteiger partial charge in [-0.1, -0.05) is 0 Å². The number of likely N-dealkylation sites (N-methyl/N-ethyl adjacent to an activating group) is 1. The highest BCUT2D eigenvalue weighted by molar-refractivity contribution is 5.78. The molecule has 5 heteroatoms. The van der Waals surface area contributed by atoms with Crippen LogP contribution in [0.3, 0.4) is 0 Å². The van der Waals surface area contributed by atoms with Crippen molar-refractivity contribution in [3.8, 4) is 11.8 Å². The lowest BCUT2D eigenvalue weighted by Crippen LogP contribution is -2.36. The maximum atomic E-state index is 11.7. The first-order valence-corrected chi connectivity index (χ1v) is 5.63. The molecular formula is C13H17N3O2. The third kappa shape index (κ3) is 3.39. The molecule has 1 amide bonds. The molecule has 18 heavy (non-hydrogen) atoms. The fourth-order valence-corrected chi connectivity index (χ4v) is 1.28. The number of nitrogens with zero attached hydrogens (tertiary/aromatic N) is 2. The summed E-state index contributed by atoms with van der Waals surface area (Å²) in [7, 11) is 1.72. The predicted molar refractivity (Wildman–Crippen MR) is 69.0 cm³/mol. The number of hydrogen-bond donors (Lipinski definition) is 1. The number of benzene rings is 1. The second-order valence-electron chi connectivity index (χ2n) is 4.25. The van der Waals surface area contributed by atoms with Gasteiger partial charge in [0, 0.05) is 13.1 Å². The van der Waals surface area contributed by atoms with Gasteiger partial charge >= 0.3 is 0 Å². The third-order valence-corrected chi connectivity index (χ3v) is 2.66. The fraction of sp³-hybridized carbons (Fsp3) is 0.385. The Labute approximate surface area is 107 Å². The van der Waals surface area contributed by atoms with Gasteiger partial charge in [0.05, 0.1) is 17.3 Å². The summed E-state index contributed by atoms with van der Waals surface area (Å²) in [6, 6.07) is 6.82. The number of nitrogen functional groups attached to an aromatic ring is 1. The first kappa shape index (κ1) is 13.8. The van der Waals surface area contributed by atoms with Crippen molar-refractivity contribution in [3.05, 3.63) is 23.8 Å². The summed E-state index contributed by atoms with van der Waals surface area (Å²) >= 11 is 0. The van der Waals surface area contributed by atoms with E-state index >= 15 is 0 Å². The van der Waals surface area contributed by atoms with Crippen molar-refractivity contribution < 1.29 is 9.53 Å². The summed E-state index contributed by atoms with van der Waals surface area (Å²) in [6.07, 6.45) is 0. The summed E-state index contributed by atoms with van der Waals surface area (Å²) in [6.45, 7) is 3.78. The molecule has 1 rings (SSSR count). The number of ether oxygens (including phenoxy) is 1. The van der Waals surface area contributed by atoms with Crippen LogP contribution in [0.5, 0.6) is 5.75 Å². The lowest BCUT2D eigenvalue weighted by molar-refractivity contribution is -0.133. The average molecular weight is 247 g/mol. The van der Waals surface area contributed by atoms with Crippen molar-refractivity contribution >= 4 is 11.6 Å². The van der Waals surface area contributed by atoms with Gasteiger partial charge < -0.3 is 15.4 Å². The minimum Gasteiger partial charge on any atom is -0.482 e. The summed E-state index contributed by atoms with van der Waals surface area (Å²) in [5, 5.41) is 8.70. The zero-order valence-electron chi connectivity index (χ0n) is 10.8. The molecule has 2 N–H and O–H groups in total. The lowest BCUT2D eigenvalue weighted by atomic mass is 10.2. The van der Waals surface area contributed by atoms with Gasteiger partial charge in [-0.05, 0) is 32.0 Å². The van der Waals surface area contributed by atoms with Crippen LogP contribution in [0, 0.1) is 11.3 Å². The number of carbonyl (C=O) groups is 1. The van der Waals surface area contributed by atoms with Crippen molar-refractivity contribution in [2.45, 2.75) is 19.9 Å². The quantitative estimate of drug-likeness (QED) is 0.815. The Bertz CT molecular complexity index is 478. The highest BCUT2D eigenvalue weighted by Crippen LogP contribution is 2.22. The van der Waals surface area contributed by atoms with E-state index in [1.54, 1.807) is 24.1 Å². The maximum Gasteiger partial charge on any atom is 0.260 e. The van der Waals surface area contributed by atoms with Gasteiger partial charge in [0.1, 0.15) is 5.75 Å². The maximum absolute atomic E-state index is 11.7. The fourth-order valence-electron chi connectivity index (χ4n) is 1.28. The number of amides is 1. The smallest absolute Gasteiger partial charge is 0.260 e. The van der Waals surface area contributed by atoms with Gasteiger partial charge in [0.15, 0.2) is 6.61 Å². The van der Waals surface area contributed by atoms with Crippen molar-refractivity contribution in [2.24, 2.45) is 0 Å². The van der Waals surface area contributed by atoms with Crippen LogP contribution < -0.4 is 10.5 Å². The average Bonchev–Trinajstić information content (AvgIpc) is 2.35. The Morgan fingerprint density at radius 1 is 1.56 bits per heavy atom.